The predicted molar refractivity (Wildman–Crippen MR) is 177 cm³/mol. The zero-order valence-electron chi connectivity index (χ0n) is 27.9. The van der Waals surface area contributed by atoms with Gasteiger partial charge in [0, 0.05) is 19.0 Å². The van der Waals surface area contributed by atoms with Gasteiger partial charge in [-0.3, -0.25) is 19.2 Å². The molecule has 0 aromatic heterocycles. The third kappa shape index (κ3) is 6.77. The Morgan fingerprint density at radius 1 is 1.13 bits per heavy atom. The van der Waals surface area contributed by atoms with Crippen LogP contribution in [-0.2, 0) is 28.7 Å². The van der Waals surface area contributed by atoms with Crippen LogP contribution < -0.4 is 5.32 Å². The SMILES string of the molecule is C=CCCC(=O)OC[C@@H](NC(=O)[C@@H]1[C@@H]2CC[C@]3(O2)[C@H](C(=O)N(CC=C)C2CCCCC2)N([C@@H](CO)C(C)C)C(=O)[C@@H]13)c1ccccc1. The van der Waals surface area contributed by atoms with Crippen LogP contribution in [0.4, 0.5) is 0 Å². The predicted octanol–water partition coefficient (Wildman–Crippen LogP) is 4.09. The molecule has 3 amide bonds. The van der Waals surface area contributed by atoms with Crippen LogP contribution in [0.15, 0.2) is 55.6 Å². The summed E-state index contributed by atoms with van der Waals surface area (Å²) in [6.45, 7) is 11.4. The second-order valence-corrected chi connectivity index (χ2v) is 13.8. The zero-order valence-corrected chi connectivity index (χ0v) is 27.9. The van der Waals surface area contributed by atoms with Gasteiger partial charge in [0.1, 0.15) is 18.2 Å². The van der Waals surface area contributed by atoms with Crippen molar-refractivity contribution in [1.82, 2.24) is 15.1 Å². The summed E-state index contributed by atoms with van der Waals surface area (Å²) in [4.78, 5) is 59.5. The fourth-order valence-electron chi connectivity index (χ4n) is 8.40. The first-order valence-corrected chi connectivity index (χ1v) is 17.3. The second-order valence-electron chi connectivity index (χ2n) is 13.8. The van der Waals surface area contributed by atoms with Crippen LogP contribution in [-0.4, -0.2) is 88.2 Å². The molecule has 0 radical (unpaired) electrons. The number of aliphatic hydroxyl groups excluding tert-OH is 1. The quantitative estimate of drug-likeness (QED) is 0.217. The molecular formula is C37H51N3O7. The van der Waals surface area contributed by atoms with E-state index in [9.17, 15) is 24.3 Å². The highest BCUT2D eigenvalue weighted by Crippen LogP contribution is 2.59. The fraction of sp³-hybridized carbons (Fsp3) is 0.622. The Bertz CT molecular complexity index is 1310. The summed E-state index contributed by atoms with van der Waals surface area (Å²) in [6.07, 6.45) is 9.48. The number of allylic oxidation sites excluding steroid dienone is 1. The van der Waals surface area contributed by atoms with Crippen molar-refractivity contribution in [3.05, 3.63) is 61.2 Å². The van der Waals surface area contributed by atoms with E-state index < -0.39 is 47.6 Å². The third-order valence-electron chi connectivity index (χ3n) is 10.7. The van der Waals surface area contributed by atoms with Gasteiger partial charge < -0.3 is 29.7 Å². The zero-order chi connectivity index (χ0) is 33.7. The van der Waals surface area contributed by atoms with Gasteiger partial charge in [0.25, 0.3) is 0 Å². The normalized spacial score (nSPS) is 28.1. The number of amides is 3. The monoisotopic (exact) mass is 649 g/mol. The van der Waals surface area contributed by atoms with Gasteiger partial charge in [-0.25, -0.2) is 0 Å². The Labute approximate surface area is 278 Å². The van der Waals surface area contributed by atoms with Crippen molar-refractivity contribution in [1.29, 1.82) is 0 Å². The Balaban J connectivity index is 1.47. The average Bonchev–Trinajstić information content (AvgIpc) is 3.72. The minimum atomic E-state index is -1.18. The van der Waals surface area contributed by atoms with Gasteiger partial charge in [0.15, 0.2) is 0 Å². The summed E-state index contributed by atoms with van der Waals surface area (Å²) in [5, 5.41) is 13.6. The summed E-state index contributed by atoms with van der Waals surface area (Å²) in [5.41, 5.74) is -0.423. The molecule has 2 bridgehead atoms. The molecule has 5 rings (SSSR count). The topological polar surface area (TPSA) is 125 Å². The van der Waals surface area contributed by atoms with Gasteiger partial charge in [0.2, 0.25) is 17.7 Å². The van der Waals surface area contributed by atoms with E-state index in [1.165, 1.54) is 0 Å². The lowest BCUT2D eigenvalue weighted by Gasteiger charge is -2.43. The summed E-state index contributed by atoms with van der Waals surface area (Å²) >= 11 is 0. The Morgan fingerprint density at radius 2 is 1.85 bits per heavy atom. The van der Waals surface area contributed by atoms with E-state index in [2.05, 4.69) is 18.5 Å². The number of benzene rings is 1. The molecule has 7 atom stereocenters. The van der Waals surface area contributed by atoms with E-state index in [4.69, 9.17) is 9.47 Å². The molecule has 1 aromatic carbocycles. The van der Waals surface area contributed by atoms with Gasteiger partial charge in [-0.15, -0.1) is 13.2 Å². The molecule has 256 valence electrons. The van der Waals surface area contributed by atoms with Crippen molar-refractivity contribution >= 4 is 23.7 Å². The lowest BCUT2D eigenvalue weighted by Crippen LogP contribution is -2.61. The largest absolute Gasteiger partial charge is 0.463 e. The van der Waals surface area contributed by atoms with E-state index in [1.807, 2.05) is 49.1 Å². The summed E-state index contributed by atoms with van der Waals surface area (Å²) in [6, 6.07) is 7.08. The summed E-state index contributed by atoms with van der Waals surface area (Å²) in [7, 11) is 0. The van der Waals surface area contributed by atoms with Gasteiger partial charge in [-0.2, -0.15) is 0 Å². The van der Waals surface area contributed by atoms with Crippen LogP contribution in [0.3, 0.4) is 0 Å². The molecule has 2 N–H and O–H groups in total. The maximum Gasteiger partial charge on any atom is 0.306 e. The van der Waals surface area contributed by atoms with Crippen LogP contribution in [0.1, 0.15) is 83.2 Å². The van der Waals surface area contributed by atoms with E-state index in [0.717, 1.165) is 37.7 Å². The lowest BCUT2D eigenvalue weighted by molar-refractivity contribution is -0.154. The van der Waals surface area contributed by atoms with Crippen LogP contribution in [0.5, 0.6) is 0 Å². The molecular weight excluding hydrogens is 598 g/mol. The number of nitrogens with zero attached hydrogens (tertiary/aromatic N) is 2. The number of carbonyl (C=O) groups excluding carboxylic acids is 4. The average molecular weight is 650 g/mol. The molecule has 3 saturated heterocycles. The van der Waals surface area contributed by atoms with Crippen LogP contribution in [0.2, 0.25) is 0 Å². The molecule has 3 heterocycles. The smallest absolute Gasteiger partial charge is 0.306 e. The number of carbonyl (C=O) groups is 4. The molecule has 1 aromatic rings. The maximum absolute atomic E-state index is 14.8. The van der Waals surface area contributed by atoms with Crippen molar-refractivity contribution in [2.75, 3.05) is 19.8 Å². The molecule has 10 heteroatoms. The number of esters is 1. The van der Waals surface area contributed by atoms with Crippen LogP contribution in [0, 0.1) is 17.8 Å². The molecule has 47 heavy (non-hydrogen) atoms. The summed E-state index contributed by atoms with van der Waals surface area (Å²) < 4.78 is 12.2. The molecule has 10 nitrogen and oxygen atoms in total. The summed E-state index contributed by atoms with van der Waals surface area (Å²) in [5.74, 6) is -3.15. The van der Waals surface area contributed by atoms with Crippen molar-refractivity contribution in [3.63, 3.8) is 0 Å². The number of nitrogens with one attached hydrogen (secondary N) is 1. The van der Waals surface area contributed by atoms with Crippen molar-refractivity contribution < 1.29 is 33.8 Å². The molecule has 1 aliphatic carbocycles. The van der Waals surface area contributed by atoms with E-state index in [1.54, 1.807) is 17.1 Å². The maximum atomic E-state index is 14.8. The van der Waals surface area contributed by atoms with Gasteiger partial charge in [0.05, 0.1) is 36.6 Å². The highest BCUT2D eigenvalue weighted by atomic mass is 16.5. The third-order valence-corrected chi connectivity index (χ3v) is 10.7. The first kappa shape index (κ1) is 34.8. The number of likely N-dealkylation sites (tertiary alicyclic amines) is 1. The van der Waals surface area contributed by atoms with Crippen LogP contribution in [0.25, 0.3) is 0 Å². The number of hydrogen-bond acceptors (Lipinski definition) is 7. The molecule has 1 saturated carbocycles. The van der Waals surface area contributed by atoms with E-state index in [-0.39, 0.29) is 49.3 Å². The van der Waals surface area contributed by atoms with Crippen molar-refractivity contribution in [2.45, 2.75) is 108 Å². The van der Waals surface area contributed by atoms with Crippen LogP contribution >= 0.6 is 0 Å². The van der Waals surface area contributed by atoms with Gasteiger partial charge >= 0.3 is 5.97 Å². The van der Waals surface area contributed by atoms with E-state index in [0.29, 0.717) is 25.8 Å². The minimum Gasteiger partial charge on any atom is -0.463 e. The number of aliphatic hydroxyl groups is 1. The van der Waals surface area contributed by atoms with Gasteiger partial charge in [-0.1, -0.05) is 75.6 Å². The minimum absolute atomic E-state index is 0.0341. The molecule has 0 unspecified atom stereocenters. The van der Waals surface area contributed by atoms with Gasteiger partial charge in [-0.05, 0) is 43.6 Å². The van der Waals surface area contributed by atoms with E-state index >= 15 is 0 Å². The first-order valence-electron chi connectivity index (χ1n) is 17.3. The highest BCUT2D eigenvalue weighted by molar-refractivity contribution is 5.99. The number of ether oxygens (including phenoxy) is 2. The molecule has 4 aliphatic rings. The Morgan fingerprint density at radius 3 is 2.49 bits per heavy atom. The number of fused-ring (bicyclic) bond motifs is 1. The Kier molecular flexibility index (Phi) is 11.2. The molecule has 3 aliphatic heterocycles. The standard InChI is InChI=1S/C37H51N3O7/c1-5-7-18-30(42)46-23-27(25-14-10-8-11-15-25)38-34(43)31-29-19-20-37(47-29)32(31)35(44)40(28(22-41)24(3)4)33(37)36(45)39(21-6-2)26-16-12-9-13-17-26/h5-6,8,10-11,14-15,24,26-29,31-33,41H,1-2,7,9,12-13,16-23H2,3-4H3,(H,38,43)/t27-,28+,29+,31-,32-,33+,37-/m1/s1. The second kappa shape index (κ2) is 15.2. The number of rotatable bonds is 15. The highest BCUT2D eigenvalue weighted by Gasteiger charge is 2.75. The van der Waals surface area contributed by atoms with Crippen molar-refractivity contribution in [3.8, 4) is 0 Å². The number of hydrogen-bond donors (Lipinski definition) is 2. The van der Waals surface area contributed by atoms with Crippen molar-refractivity contribution in [2.24, 2.45) is 17.8 Å². The first-order chi connectivity index (χ1) is 22.7. The molecule has 4 fully saturated rings. The lowest BCUT2D eigenvalue weighted by atomic mass is 9.70. The fourth-order valence-corrected chi connectivity index (χ4v) is 8.40. The molecule has 1 spiro atoms. The Hall–Kier alpha value is -3.50.